The fraction of sp³-hybridized carbons (Fsp3) is 0.417. The highest BCUT2D eigenvalue weighted by Gasteiger charge is 2.27. The third kappa shape index (κ3) is 2.54. The number of likely N-dealkylation sites (tertiary alicyclic amines) is 1. The average molecular weight is 241 g/mol. The van der Waals surface area contributed by atoms with E-state index in [1.807, 2.05) is 35.2 Å². The summed E-state index contributed by atoms with van der Waals surface area (Å²) >= 11 is 0. The van der Waals surface area contributed by atoms with Gasteiger partial charge in [0, 0.05) is 24.7 Å². The van der Waals surface area contributed by atoms with Gasteiger partial charge in [0.25, 0.3) is 5.91 Å². The predicted octanol–water partition coefficient (Wildman–Crippen LogP) is 1.67. The molecule has 0 spiro atoms. The highest BCUT2D eigenvalue weighted by Crippen LogP contribution is 2.18. The first-order valence-corrected chi connectivity index (χ1v) is 5.39. The van der Waals surface area contributed by atoms with Crippen molar-refractivity contribution >= 4 is 18.3 Å². The molecule has 1 fully saturated rings. The lowest BCUT2D eigenvalue weighted by atomic mass is 10.1. The first-order valence-electron chi connectivity index (χ1n) is 5.39. The van der Waals surface area contributed by atoms with Crippen molar-refractivity contribution < 1.29 is 4.79 Å². The van der Waals surface area contributed by atoms with E-state index in [-0.39, 0.29) is 24.4 Å². The number of hydrogen-bond donors (Lipinski definition) is 1. The van der Waals surface area contributed by atoms with Gasteiger partial charge in [-0.2, -0.15) is 0 Å². The van der Waals surface area contributed by atoms with Crippen LogP contribution in [-0.2, 0) is 0 Å². The summed E-state index contributed by atoms with van der Waals surface area (Å²) in [5, 5.41) is 0. The fourth-order valence-corrected chi connectivity index (χ4v) is 2.09. The van der Waals surface area contributed by atoms with Crippen molar-refractivity contribution in [2.75, 3.05) is 13.1 Å². The zero-order valence-corrected chi connectivity index (χ0v) is 9.95. The summed E-state index contributed by atoms with van der Waals surface area (Å²) < 4.78 is 0. The minimum absolute atomic E-state index is 0. The quantitative estimate of drug-likeness (QED) is 0.855. The van der Waals surface area contributed by atoms with Gasteiger partial charge in [0.2, 0.25) is 0 Å². The first-order chi connectivity index (χ1) is 7.33. The molecule has 1 aromatic carbocycles. The van der Waals surface area contributed by atoms with Crippen LogP contribution in [0.3, 0.4) is 0 Å². The summed E-state index contributed by atoms with van der Waals surface area (Å²) in [5.41, 5.74) is 6.41. The van der Waals surface area contributed by atoms with Crippen LogP contribution in [0.25, 0.3) is 0 Å². The van der Waals surface area contributed by atoms with E-state index in [9.17, 15) is 4.79 Å². The number of benzene rings is 1. The monoisotopic (exact) mass is 240 g/mol. The molecule has 1 amide bonds. The van der Waals surface area contributed by atoms with Gasteiger partial charge in [-0.05, 0) is 25.0 Å². The van der Waals surface area contributed by atoms with E-state index < -0.39 is 0 Å². The van der Waals surface area contributed by atoms with Gasteiger partial charge in [-0.3, -0.25) is 4.79 Å². The maximum Gasteiger partial charge on any atom is 0.254 e. The molecule has 0 aromatic heterocycles. The number of hydrogen-bond acceptors (Lipinski definition) is 2. The summed E-state index contributed by atoms with van der Waals surface area (Å²) in [6.07, 6.45) is 2.11. The standard InChI is InChI=1S/C12H16N2O.ClH/c13-9-11-7-4-8-14(11)12(15)10-5-2-1-3-6-10;/h1-3,5-6,11H,4,7-9,13H2;1H. The fourth-order valence-electron chi connectivity index (χ4n) is 2.09. The molecule has 2 N–H and O–H groups in total. The smallest absolute Gasteiger partial charge is 0.254 e. The number of carbonyl (C=O) groups excluding carboxylic acids is 1. The SMILES string of the molecule is Cl.NCC1CCCN1C(=O)c1ccccc1. The van der Waals surface area contributed by atoms with E-state index in [1.165, 1.54) is 0 Å². The molecule has 0 radical (unpaired) electrons. The van der Waals surface area contributed by atoms with E-state index in [2.05, 4.69) is 0 Å². The third-order valence-corrected chi connectivity index (χ3v) is 2.93. The Hall–Kier alpha value is -1.06. The van der Waals surface area contributed by atoms with Crippen molar-refractivity contribution in [3.05, 3.63) is 35.9 Å². The molecule has 1 aliphatic heterocycles. The van der Waals surface area contributed by atoms with Crippen LogP contribution in [0.4, 0.5) is 0 Å². The van der Waals surface area contributed by atoms with Crippen LogP contribution in [0.5, 0.6) is 0 Å². The summed E-state index contributed by atoms with van der Waals surface area (Å²) in [5.74, 6) is 0.114. The third-order valence-electron chi connectivity index (χ3n) is 2.93. The van der Waals surface area contributed by atoms with E-state index in [4.69, 9.17) is 5.73 Å². The van der Waals surface area contributed by atoms with Crippen LogP contribution in [-0.4, -0.2) is 29.9 Å². The Morgan fingerprint density at radius 2 is 2.06 bits per heavy atom. The number of carbonyl (C=O) groups is 1. The number of rotatable bonds is 2. The second-order valence-corrected chi connectivity index (χ2v) is 3.90. The van der Waals surface area contributed by atoms with Crippen molar-refractivity contribution in [3.63, 3.8) is 0 Å². The Bertz CT molecular complexity index is 342. The Morgan fingerprint density at radius 1 is 1.38 bits per heavy atom. The molecular formula is C12H17ClN2O. The molecule has 0 bridgehead atoms. The molecule has 0 aliphatic carbocycles. The predicted molar refractivity (Wildman–Crippen MR) is 66.8 cm³/mol. The number of halogens is 1. The lowest BCUT2D eigenvalue weighted by Gasteiger charge is -2.23. The van der Waals surface area contributed by atoms with Crippen molar-refractivity contribution in [1.29, 1.82) is 0 Å². The van der Waals surface area contributed by atoms with Crippen molar-refractivity contribution in [1.82, 2.24) is 4.90 Å². The molecule has 1 unspecified atom stereocenters. The number of amides is 1. The zero-order chi connectivity index (χ0) is 10.7. The number of nitrogens with zero attached hydrogens (tertiary/aromatic N) is 1. The molecule has 1 atom stereocenters. The van der Waals surface area contributed by atoms with Crippen LogP contribution >= 0.6 is 12.4 Å². The Labute approximate surface area is 102 Å². The maximum atomic E-state index is 12.1. The lowest BCUT2D eigenvalue weighted by Crippen LogP contribution is -2.39. The second kappa shape index (κ2) is 5.87. The van der Waals surface area contributed by atoms with Crippen molar-refractivity contribution in [2.24, 2.45) is 5.73 Å². The van der Waals surface area contributed by atoms with E-state index in [1.54, 1.807) is 0 Å². The minimum Gasteiger partial charge on any atom is -0.334 e. The first kappa shape index (κ1) is 13.0. The molecule has 16 heavy (non-hydrogen) atoms. The van der Waals surface area contributed by atoms with Gasteiger partial charge in [0.05, 0.1) is 0 Å². The van der Waals surface area contributed by atoms with Gasteiger partial charge in [-0.25, -0.2) is 0 Å². The summed E-state index contributed by atoms with van der Waals surface area (Å²) in [7, 11) is 0. The van der Waals surface area contributed by atoms with Crippen LogP contribution in [0.2, 0.25) is 0 Å². The van der Waals surface area contributed by atoms with E-state index in [0.29, 0.717) is 6.54 Å². The molecule has 1 saturated heterocycles. The molecule has 1 aromatic rings. The summed E-state index contributed by atoms with van der Waals surface area (Å²) in [6.45, 7) is 1.41. The molecule has 3 nitrogen and oxygen atoms in total. The Morgan fingerprint density at radius 3 is 2.69 bits per heavy atom. The molecule has 1 heterocycles. The largest absolute Gasteiger partial charge is 0.334 e. The molecular weight excluding hydrogens is 224 g/mol. The average Bonchev–Trinajstić information content (AvgIpc) is 2.77. The van der Waals surface area contributed by atoms with Crippen LogP contribution in [0.15, 0.2) is 30.3 Å². The van der Waals surface area contributed by atoms with Gasteiger partial charge in [-0.15, -0.1) is 12.4 Å². The van der Waals surface area contributed by atoms with Gasteiger partial charge in [0.1, 0.15) is 0 Å². The van der Waals surface area contributed by atoms with Crippen molar-refractivity contribution in [2.45, 2.75) is 18.9 Å². The highest BCUT2D eigenvalue weighted by molar-refractivity contribution is 5.94. The van der Waals surface area contributed by atoms with Crippen molar-refractivity contribution in [3.8, 4) is 0 Å². The van der Waals surface area contributed by atoms with Crippen LogP contribution in [0, 0.1) is 0 Å². The normalized spacial score (nSPS) is 19.3. The molecule has 88 valence electrons. The molecule has 2 rings (SSSR count). The van der Waals surface area contributed by atoms with E-state index >= 15 is 0 Å². The second-order valence-electron chi connectivity index (χ2n) is 3.90. The molecule has 0 saturated carbocycles. The van der Waals surface area contributed by atoms with Crippen LogP contribution in [0.1, 0.15) is 23.2 Å². The Balaban J connectivity index is 0.00000128. The minimum atomic E-state index is 0. The van der Waals surface area contributed by atoms with Gasteiger partial charge in [-0.1, -0.05) is 18.2 Å². The lowest BCUT2D eigenvalue weighted by molar-refractivity contribution is 0.0741. The topological polar surface area (TPSA) is 46.3 Å². The van der Waals surface area contributed by atoms with Crippen LogP contribution < -0.4 is 5.73 Å². The zero-order valence-electron chi connectivity index (χ0n) is 9.13. The van der Waals surface area contributed by atoms with E-state index in [0.717, 1.165) is 24.9 Å². The molecule has 4 heteroatoms. The molecule has 1 aliphatic rings. The maximum absolute atomic E-state index is 12.1. The Kier molecular flexibility index (Phi) is 4.77. The summed E-state index contributed by atoms with van der Waals surface area (Å²) in [6, 6.07) is 9.64. The highest BCUT2D eigenvalue weighted by atomic mass is 35.5. The van der Waals surface area contributed by atoms with Gasteiger partial charge < -0.3 is 10.6 Å². The summed E-state index contributed by atoms with van der Waals surface area (Å²) in [4.78, 5) is 14.0. The van der Waals surface area contributed by atoms with Gasteiger partial charge >= 0.3 is 0 Å². The number of nitrogens with two attached hydrogens (primary N) is 1. The van der Waals surface area contributed by atoms with Gasteiger partial charge in [0.15, 0.2) is 0 Å².